The van der Waals surface area contributed by atoms with Crippen LogP contribution in [0.15, 0.2) is 73.3 Å². The molecule has 0 bridgehead atoms. The van der Waals surface area contributed by atoms with Crippen molar-refractivity contribution < 1.29 is 4.79 Å². The smallest absolute Gasteiger partial charge is 0.234 e. The third-order valence-corrected chi connectivity index (χ3v) is 3.54. The van der Waals surface area contributed by atoms with Gasteiger partial charge < -0.3 is 0 Å². The van der Waals surface area contributed by atoms with Gasteiger partial charge in [0.05, 0.1) is 0 Å². The second kappa shape index (κ2) is 7.44. The summed E-state index contributed by atoms with van der Waals surface area (Å²) in [6.07, 6.45) is 3.33. The van der Waals surface area contributed by atoms with Crippen LogP contribution in [0.4, 0.5) is 11.4 Å². The molecule has 0 aromatic heterocycles. The van der Waals surface area contributed by atoms with Gasteiger partial charge in [0.25, 0.3) is 0 Å². The maximum absolute atomic E-state index is 12.9. The number of hydrogen-bond donors (Lipinski definition) is 0. The Morgan fingerprint density at radius 2 is 1.52 bits per heavy atom. The normalized spacial score (nSPS) is 11.7. The molecule has 2 aromatic carbocycles. The van der Waals surface area contributed by atoms with Crippen LogP contribution in [0.2, 0.25) is 0 Å². The van der Waals surface area contributed by atoms with Crippen LogP contribution in [-0.4, -0.2) is 5.91 Å². The third kappa shape index (κ3) is 3.60. The van der Waals surface area contributed by atoms with Gasteiger partial charge in [0.2, 0.25) is 5.91 Å². The number of carbonyl (C=O) groups excluding carboxylic acids is 1. The van der Waals surface area contributed by atoms with Gasteiger partial charge in [-0.25, -0.2) is 0 Å². The van der Waals surface area contributed by atoms with E-state index in [-0.39, 0.29) is 11.8 Å². The van der Waals surface area contributed by atoms with Crippen LogP contribution in [0.3, 0.4) is 0 Å². The summed E-state index contributed by atoms with van der Waals surface area (Å²) in [6, 6.07) is 19.6. The first-order valence-corrected chi connectivity index (χ1v) is 7.33. The zero-order valence-electron chi connectivity index (χ0n) is 12.4. The number of nitrogens with zero attached hydrogens (tertiary/aromatic N) is 1. The number of allylic oxidation sites excluding steroid dienone is 1. The molecule has 1 unspecified atom stereocenters. The summed E-state index contributed by atoms with van der Waals surface area (Å²) in [5.74, 6) is 0.0812. The monoisotopic (exact) mass is 279 g/mol. The van der Waals surface area contributed by atoms with Crippen molar-refractivity contribution in [3.05, 3.63) is 73.3 Å². The van der Waals surface area contributed by atoms with Gasteiger partial charge >= 0.3 is 0 Å². The van der Waals surface area contributed by atoms with Crippen LogP contribution < -0.4 is 4.90 Å². The molecule has 108 valence electrons. The second-order valence-electron chi connectivity index (χ2n) is 4.97. The standard InChI is InChI=1S/C19H21NO/c1-3-11-16(4-2)19(21)20(17-12-7-5-8-13-17)18-14-9-6-10-15-18/h3,5-10,12-16H,1,4,11H2,2H3. The molecule has 2 nitrogen and oxygen atoms in total. The molecule has 1 amide bonds. The maximum atomic E-state index is 12.9. The van der Waals surface area contributed by atoms with E-state index in [1.54, 1.807) is 4.90 Å². The molecule has 1 atom stereocenters. The van der Waals surface area contributed by atoms with Crippen LogP contribution in [0.1, 0.15) is 19.8 Å². The Bertz CT molecular complexity index is 538. The summed E-state index contributed by atoms with van der Waals surface area (Å²) in [5, 5.41) is 0. The molecule has 0 saturated carbocycles. The minimum atomic E-state index is -0.0390. The number of rotatable bonds is 6. The Kier molecular flexibility index (Phi) is 5.33. The fourth-order valence-electron chi connectivity index (χ4n) is 2.38. The van der Waals surface area contributed by atoms with Gasteiger partial charge in [-0.2, -0.15) is 0 Å². The van der Waals surface area contributed by atoms with E-state index in [9.17, 15) is 4.79 Å². The number of carbonyl (C=O) groups is 1. The fourth-order valence-corrected chi connectivity index (χ4v) is 2.38. The van der Waals surface area contributed by atoms with E-state index in [0.29, 0.717) is 6.42 Å². The molecule has 2 heteroatoms. The zero-order valence-corrected chi connectivity index (χ0v) is 12.4. The summed E-state index contributed by atoms with van der Waals surface area (Å²) in [5.41, 5.74) is 1.80. The highest BCUT2D eigenvalue weighted by Crippen LogP contribution is 2.28. The van der Waals surface area contributed by atoms with E-state index in [1.165, 1.54) is 0 Å². The van der Waals surface area contributed by atoms with Crippen molar-refractivity contribution in [3.63, 3.8) is 0 Å². The topological polar surface area (TPSA) is 20.3 Å². The minimum Gasteiger partial charge on any atom is -0.281 e. The molecular weight excluding hydrogens is 258 g/mol. The SMILES string of the molecule is C=CCC(CC)C(=O)N(c1ccccc1)c1ccccc1. The number of benzene rings is 2. The predicted molar refractivity (Wildman–Crippen MR) is 88.6 cm³/mol. The Morgan fingerprint density at radius 1 is 1.05 bits per heavy atom. The summed E-state index contributed by atoms with van der Waals surface area (Å²) < 4.78 is 0. The van der Waals surface area contributed by atoms with E-state index in [2.05, 4.69) is 6.58 Å². The molecule has 2 aromatic rings. The van der Waals surface area contributed by atoms with Crippen LogP contribution in [-0.2, 0) is 4.79 Å². The van der Waals surface area contributed by atoms with Crippen molar-refractivity contribution in [2.75, 3.05) is 4.90 Å². The van der Waals surface area contributed by atoms with E-state index in [1.807, 2.05) is 73.7 Å². The van der Waals surface area contributed by atoms with Crippen molar-refractivity contribution in [1.29, 1.82) is 0 Å². The van der Waals surface area contributed by atoms with Gasteiger partial charge in [-0.05, 0) is 37.1 Å². The van der Waals surface area contributed by atoms with Crippen LogP contribution in [0.25, 0.3) is 0 Å². The Labute approximate surface area is 126 Å². The zero-order chi connectivity index (χ0) is 15.1. The lowest BCUT2D eigenvalue weighted by Crippen LogP contribution is -2.32. The van der Waals surface area contributed by atoms with E-state index in [4.69, 9.17) is 0 Å². The van der Waals surface area contributed by atoms with E-state index >= 15 is 0 Å². The number of amides is 1. The quantitative estimate of drug-likeness (QED) is 0.685. The molecule has 2 rings (SSSR count). The number of para-hydroxylation sites is 2. The molecule has 21 heavy (non-hydrogen) atoms. The average Bonchev–Trinajstić information content (AvgIpc) is 2.55. The highest BCUT2D eigenvalue weighted by atomic mass is 16.2. The molecule has 0 fully saturated rings. The van der Waals surface area contributed by atoms with Crippen molar-refractivity contribution >= 4 is 17.3 Å². The molecular formula is C19H21NO. The number of anilines is 2. The Balaban J connectivity index is 2.41. The van der Waals surface area contributed by atoms with Crippen molar-refractivity contribution in [2.24, 2.45) is 5.92 Å². The largest absolute Gasteiger partial charge is 0.281 e. The van der Waals surface area contributed by atoms with Gasteiger partial charge in [0, 0.05) is 17.3 Å². The summed E-state index contributed by atoms with van der Waals surface area (Å²) in [7, 11) is 0. The van der Waals surface area contributed by atoms with Gasteiger partial charge in [-0.3, -0.25) is 9.69 Å². The van der Waals surface area contributed by atoms with E-state index in [0.717, 1.165) is 17.8 Å². The minimum absolute atomic E-state index is 0.0390. The van der Waals surface area contributed by atoms with Gasteiger partial charge in [-0.15, -0.1) is 6.58 Å². The first-order valence-electron chi connectivity index (χ1n) is 7.33. The van der Waals surface area contributed by atoms with Gasteiger partial charge in [0.15, 0.2) is 0 Å². The van der Waals surface area contributed by atoms with Crippen LogP contribution >= 0.6 is 0 Å². The van der Waals surface area contributed by atoms with Gasteiger partial charge in [-0.1, -0.05) is 49.4 Å². The molecule has 0 heterocycles. The fraction of sp³-hybridized carbons (Fsp3) is 0.211. The molecule has 0 spiro atoms. The lowest BCUT2D eigenvalue weighted by Gasteiger charge is -2.26. The molecule has 0 saturated heterocycles. The highest BCUT2D eigenvalue weighted by molar-refractivity contribution is 6.01. The summed E-state index contributed by atoms with van der Waals surface area (Å²) in [6.45, 7) is 5.81. The molecule has 0 aliphatic carbocycles. The first-order chi connectivity index (χ1) is 10.3. The molecule has 0 aliphatic heterocycles. The molecule has 0 N–H and O–H groups in total. The van der Waals surface area contributed by atoms with Crippen molar-refractivity contribution in [2.45, 2.75) is 19.8 Å². The molecule has 0 aliphatic rings. The van der Waals surface area contributed by atoms with Crippen LogP contribution in [0, 0.1) is 5.92 Å². The van der Waals surface area contributed by atoms with E-state index < -0.39 is 0 Å². The lowest BCUT2D eigenvalue weighted by molar-refractivity contribution is -0.121. The second-order valence-corrected chi connectivity index (χ2v) is 4.97. The Hall–Kier alpha value is -2.35. The maximum Gasteiger partial charge on any atom is 0.234 e. The van der Waals surface area contributed by atoms with Crippen LogP contribution in [0.5, 0.6) is 0 Å². The summed E-state index contributed by atoms with van der Waals surface area (Å²) >= 11 is 0. The Morgan fingerprint density at radius 3 is 1.90 bits per heavy atom. The lowest BCUT2D eigenvalue weighted by atomic mass is 10.00. The molecule has 0 radical (unpaired) electrons. The van der Waals surface area contributed by atoms with Crippen molar-refractivity contribution in [1.82, 2.24) is 0 Å². The van der Waals surface area contributed by atoms with Crippen molar-refractivity contribution in [3.8, 4) is 0 Å². The number of hydrogen-bond acceptors (Lipinski definition) is 1. The highest BCUT2D eigenvalue weighted by Gasteiger charge is 2.24. The third-order valence-electron chi connectivity index (χ3n) is 3.54. The average molecular weight is 279 g/mol. The predicted octanol–water partition coefficient (Wildman–Crippen LogP) is 4.95. The first kappa shape index (κ1) is 15.0. The summed E-state index contributed by atoms with van der Waals surface area (Å²) in [4.78, 5) is 14.7. The van der Waals surface area contributed by atoms with Gasteiger partial charge in [0.1, 0.15) is 0 Å².